The number of hydrogen-bond donors (Lipinski definition) is 1. The first-order valence-electron chi connectivity index (χ1n) is 6.04. The molecule has 0 aliphatic carbocycles. The van der Waals surface area contributed by atoms with Crippen molar-refractivity contribution in [2.75, 3.05) is 19.6 Å². The fourth-order valence-electron chi connectivity index (χ4n) is 2.58. The minimum absolute atomic E-state index is 0.00652. The lowest BCUT2D eigenvalue weighted by Gasteiger charge is -2.46. The van der Waals surface area contributed by atoms with Crippen molar-refractivity contribution in [3.8, 4) is 0 Å². The maximum Gasteiger partial charge on any atom is 0.146 e. The summed E-state index contributed by atoms with van der Waals surface area (Å²) in [4.78, 5) is 2.61. The van der Waals surface area contributed by atoms with Crippen LogP contribution in [0.15, 0.2) is 0 Å². The molecule has 0 radical (unpaired) electrons. The van der Waals surface area contributed by atoms with Crippen LogP contribution in [-0.4, -0.2) is 52.7 Å². The van der Waals surface area contributed by atoms with E-state index in [0.717, 1.165) is 30.1 Å². The molecule has 2 atom stereocenters. The molecule has 1 aliphatic rings. The highest BCUT2D eigenvalue weighted by molar-refractivity contribution is 5.98. The molecular weight excluding hydrogens is 204 g/mol. The fraction of sp³-hybridized carbons (Fsp3) is 1.00. The third-order valence-electron chi connectivity index (χ3n) is 3.67. The van der Waals surface area contributed by atoms with E-state index in [0.29, 0.717) is 12.1 Å². The van der Waals surface area contributed by atoms with E-state index in [9.17, 15) is 0 Å². The Morgan fingerprint density at radius 2 is 2.27 bits per heavy atom. The monoisotopic (exact) mass is 230 g/mol. The third kappa shape index (κ3) is 3.03. The highest BCUT2D eigenvalue weighted by atomic mass is 28.2. The van der Waals surface area contributed by atoms with Crippen molar-refractivity contribution in [1.29, 1.82) is 0 Å². The largest absolute Gasteiger partial charge is 0.421 e. The van der Waals surface area contributed by atoms with Crippen LogP contribution in [0, 0.1) is 0 Å². The second-order valence-electron chi connectivity index (χ2n) is 5.02. The topological polar surface area (TPSA) is 24.5 Å². The average Bonchev–Trinajstić information content (AvgIpc) is 2.21. The van der Waals surface area contributed by atoms with Gasteiger partial charge in [-0.3, -0.25) is 4.90 Å². The maximum atomic E-state index is 5.77. The molecule has 15 heavy (non-hydrogen) atoms. The summed E-state index contributed by atoms with van der Waals surface area (Å²) in [5.74, 6) is 0. The molecule has 0 aromatic heterocycles. The molecule has 0 amide bonds. The van der Waals surface area contributed by atoms with Crippen LogP contribution in [0.2, 0.25) is 0 Å². The average molecular weight is 230 g/mol. The van der Waals surface area contributed by atoms with Crippen LogP contribution in [0.4, 0.5) is 0 Å². The van der Waals surface area contributed by atoms with Gasteiger partial charge in [0.2, 0.25) is 0 Å². The van der Waals surface area contributed by atoms with Crippen LogP contribution in [0.25, 0.3) is 0 Å². The van der Waals surface area contributed by atoms with Crippen molar-refractivity contribution in [3.05, 3.63) is 0 Å². The minimum Gasteiger partial charge on any atom is -0.421 e. The van der Waals surface area contributed by atoms with Gasteiger partial charge in [0.15, 0.2) is 0 Å². The Kier molecular flexibility index (Phi) is 4.77. The van der Waals surface area contributed by atoms with E-state index in [-0.39, 0.29) is 5.60 Å². The summed E-state index contributed by atoms with van der Waals surface area (Å²) >= 11 is 0. The van der Waals surface area contributed by atoms with Crippen LogP contribution >= 0.6 is 0 Å². The molecule has 1 aliphatic heterocycles. The van der Waals surface area contributed by atoms with Gasteiger partial charge in [-0.2, -0.15) is 0 Å². The zero-order chi connectivity index (χ0) is 11.5. The maximum absolute atomic E-state index is 5.77. The third-order valence-corrected chi connectivity index (χ3v) is 4.72. The first kappa shape index (κ1) is 13.2. The van der Waals surface area contributed by atoms with Gasteiger partial charge in [0.1, 0.15) is 10.5 Å². The summed E-state index contributed by atoms with van der Waals surface area (Å²) in [6.45, 7) is 12.4. The molecule has 4 heteroatoms. The van der Waals surface area contributed by atoms with Crippen LogP contribution in [0.5, 0.6) is 0 Å². The highest BCUT2D eigenvalue weighted by Gasteiger charge is 2.35. The highest BCUT2D eigenvalue weighted by Crippen LogP contribution is 2.24. The molecule has 3 nitrogen and oxygen atoms in total. The summed E-state index contributed by atoms with van der Waals surface area (Å²) in [5.41, 5.74) is 0.00652. The number of hydrogen-bond acceptors (Lipinski definition) is 3. The molecule has 1 N–H and O–H groups in total. The lowest BCUT2D eigenvalue weighted by atomic mass is 9.93. The van der Waals surface area contributed by atoms with Gasteiger partial charge in [-0.15, -0.1) is 0 Å². The Morgan fingerprint density at radius 1 is 1.60 bits per heavy atom. The van der Waals surface area contributed by atoms with Crippen molar-refractivity contribution in [3.63, 3.8) is 0 Å². The quantitative estimate of drug-likeness (QED) is 0.695. The Morgan fingerprint density at radius 3 is 2.73 bits per heavy atom. The number of piperazine rings is 1. The smallest absolute Gasteiger partial charge is 0.146 e. The van der Waals surface area contributed by atoms with E-state index in [2.05, 4.69) is 37.9 Å². The van der Waals surface area contributed by atoms with E-state index in [1.807, 2.05) is 0 Å². The standard InChI is InChI=1S/C11H26N2OSi/c1-5-10(11(3,4)14-15)13-7-6-12-8-9(13)2/h9-10,12H,5-8H2,1-4,15H3. The molecule has 0 spiro atoms. The van der Waals surface area contributed by atoms with Gasteiger partial charge < -0.3 is 9.74 Å². The molecule has 0 bridgehead atoms. The molecule has 0 aromatic rings. The Balaban J connectivity index is 2.72. The predicted molar refractivity (Wildman–Crippen MR) is 68.2 cm³/mol. The Labute approximate surface area is 97.1 Å². The van der Waals surface area contributed by atoms with Crippen molar-refractivity contribution >= 4 is 10.5 Å². The van der Waals surface area contributed by atoms with Gasteiger partial charge in [-0.1, -0.05) is 6.92 Å². The predicted octanol–water partition coefficient (Wildman–Crippen LogP) is 0.134. The van der Waals surface area contributed by atoms with Gasteiger partial charge in [0.05, 0.1) is 5.60 Å². The second kappa shape index (κ2) is 5.43. The van der Waals surface area contributed by atoms with Gasteiger partial charge in [0.25, 0.3) is 0 Å². The van der Waals surface area contributed by atoms with E-state index < -0.39 is 0 Å². The molecule has 0 aromatic carbocycles. The van der Waals surface area contributed by atoms with Crippen LogP contribution in [0.1, 0.15) is 34.1 Å². The van der Waals surface area contributed by atoms with Gasteiger partial charge in [0, 0.05) is 31.7 Å². The van der Waals surface area contributed by atoms with Gasteiger partial charge in [-0.25, -0.2) is 0 Å². The lowest BCUT2D eigenvalue weighted by Crippen LogP contribution is -2.60. The first-order chi connectivity index (χ1) is 7.03. The molecular formula is C11H26N2OSi. The number of nitrogens with one attached hydrogen (secondary N) is 1. The minimum atomic E-state index is 0.00652. The molecule has 1 rings (SSSR count). The molecule has 0 saturated carbocycles. The zero-order valence-electron chi connectivity index (χ0n) is 10.8. The zero-order valence-corrected chi connectivity index (χ0v) is 12.8. The normalized spacial score (nSPS) is 26.8. The van der Waals surface area contributed by atoms with Crippen molar-refractivity contribution < 1.29 is 4.43 Å². The van der Waals surface area contributed by atoms with Crippen molar-refractivity contribution in [2.45, 2.75) is 51.8 Å². The number of rotatable bonds is 4. The number of nitrogens with zero attached hydrogens (tertiary/aromatic N) is 1. The van der Waals surface area contributed by atoms with Gasteiger partial charge >= 0.3 is 0 Å². The van der Waals surface area contributed by atoms with Crippen LogP contribution in [-0.2, 0) is 4.43 Å². The SMILES string of the molecule is CCC(N1CCNCC1C)C(C)(C)O[SiH3]. The van der Waals surface area contributed by atoms with Crippen LogP contribution in [0.3, 0.4) is 0 Å². The summed E-state index contributed by atoms with van der Waals surface area (Å²) < 4.78 is 5.77. The molecule has 1 heterocycles. The Bertz CT molecular complexity index is 199. The Hall–Kier alpha value is 0.0969. The first-order valence-corrected chi connectivity index (χ1v) is 6.86. The van der Waals surface area contributed by atoms with Crippen molar-refractivity contribution in [2.24, 2.45) is 0 Å². The van der Waals surface area contributed by atoms with E-state index in [1.54, 1.807) is 0 Å². The van der Waals surface area contributed by atoms with Crippen LogP contribution < -0.4 is 5.32 Å². The lowest BCUT2D eigenvalue weighted by molar-refractivity contribution is -0.0200. The van der Waals surface area contributed by atoms with Gasteiger partial charge in [-0.05, 0) is 27.2 Å². The van der Waals surface area contributed by atoms with Crippen molar-refractivity contribution in [1.82, 2.24) is 10.2 Å². The molecule has 2 unspecified atom stereocenters. The fourth-order valence-corrected chi connectivity index (χ4v) is 2.85. The molecule has 1 fully saturated rings. The molecule has 1 saturated heterocycles. The van der Waals surface area contributed by atoms with E-state index >= 15 is 0 Å². The summed E-state index contributed by atoms with van der Waals surface area (Å²) in [6.07, 6.45) is 1.17. The molecule has 90 valence electrons. The summed E-state index contributed by atoms with van der Waals surface area (Å²) in [7, 11) is 0.821. The summed E-state index contributed by atoms with van der Waals surface area (Å²) in [5, 5.41) is 3.44. The second-order valence-corrected chi connectivity index (χ2v) is 5.43. The summed E-state index contributed by atoms with van der Waals surface area (Å²) in [6, 6.07) is 1.17. The van der Waals surface area contributed by atoms with E-state index in [1.165, 1.54) is 6.42 Å². The van der Waals surface area contributed by atoms with E-state index in [4.69, 9.17) is 4.43 Å².